The van der Waals surface area contributed by atoms with Gasteiger partial charge in [-0.2, -0.15) is 0 Å². The molecule has 2 atom stereocenters. The molecule has 0 aliphatic rings. The van der Waals surface area contributed by atoms with Gasteiger partial charge in [-0.05, 0) is 42.0 Å². The van der Waals surface area contributed by atoms with Gasteiger partial charge in [-0.25, -0.2) is 0 Å². The molecule has 1 N–H and O–H groups in total. The topological polar surface area (TPSA) is 98.3 Å². The maximum absolute atomic E-state index is 12.0. The Balaban J connectivity index is 2.03. The second-order valence-corrected chi connectivity index (χ2v) is 6.55. The highest BCUT2D eigenvalue weighted by Gasteiger charge is 2.35. The van der Waals surface area contributed by atoms with E-state index in [4.69, 9.17) is 11.6 Å². The summed E-state index contributed by atoms with van der Waals surface area (Å²) in [5.41, 5.74) is 1.64. The van der Waals surface area contributed by atoms with E-state index < -0.39 is 17.0 Å². The van der Waals surface area contributed by atoms with Crippen LogP contribution < -0.4 is 5.32 Å². The summed E-state index contributed by atoms with van der Waals surface area (Å²) in [6.45, 7) is 0. The Morgan fingerprint density at radius 2 is 1.39 bits per heavy atom. The number of benzene rings is 3. The van der Waals surface area contributed by atoms with E-state index in [-0.39, 0.29) is 10.6 Å². The van der Waals surface area contributed by atoms with Crippen molar-refractivity contribution in [3.05, 3.63) is 115 Å². The zero-order chi connectivity index (χ0) is 20.1. The van der Waals surface area contributed by atoms with E-state index in [2.05, 4.69) is 5.32 Å². The normalized spacial score (nSPS) is 12.8. The van der Waals surface area contributed by atoms with Gasteiger partial charge in [-0.1, -0.05) is 41.9 Å². The highest BCUT2D eigenvalue weighted by molar-refractivity contribution is 6.30. The van der Waals surface area contributed by atoms with Crippen molar-refractivity contribution in [2.75, 3.05) is 5.32 Å². The Labute approximate surface area is 165 Å². The lowest BCUT2D eigenvalue weighted by atomic mass is 9.93. The molecule has 0 radical (unpaired) electrons. The fourth-order valence-corrected chi connectivity index (χ4v) is 3.09. The summed E-state index contributed by atoms with van der Waals surface area (Å²) in [4.78, 5) is 22.0. The molecule has 8 heteroatoms. The maximum Gasteiger partial charge on any atom is 0.269 e. The minimum Gasteiger partial charge on any atom is -0.372 e. The SMILES string of the molecule is O=[N+]([O-])c1ccc(C(C(Nc2ccc(Cl)cc2)c2ccccc2)[N+](=O)[O-])cc1. The van der Waals surface area contributed by atoms with Gasteiger partial charge in [0.15, 0.2) is 0 Å². The first kappa shape index (κ1) is 19.3. The zero-order valence-corrected chi connectivity index (χ0v) is 15.3. The molecule has 0 bridgehead atoms. The molecule has 0 saturated heterocycles. The minimum absolute atomic E-state index is 0.118. The van der Waals surface area contributed by atoms with E-state index in [1.165, 1.54) is 24.3 Å². The summed E-state index contributed by atoms with van der Waals surface area (Å²) in [7, 11) is 0. The van der Waals surface area contributed by atoms with Crippen LogP contribution in [-0.2, 0) is 0 Å². The average Bonchev–Trinajstić information content (AvgIpc) is 2.70. The van der Waals surface area contributed by atoms with Crippen molar-refractivity contribution >= 4 is 23.0 Å². The van der Waals surface area contributed by atoms with E-state index in [9.17, 15) is 20.2 Å². The predicted molar refractivity (Wildman–Crippen MR) is 107 cm³/mol. The quantitative estimate of drug-likeness (QED) is 0.424. The first-order valence-corrected chi connectivity index (χ1v) is 8.78. The van der Waals surface area contributed by atoms with Gasteiger partial charge in [-0.15, -0.1) is 0 Å². The Morgan fingerprint density at radius 1 is 0.786 bits per heavy atom. The number of nitro groups is 2. The number of nitro benzene ring substituents is 1. The van der Waals surface area contributed by atoms with Gasteiger partial charge in [0.05, 0.1) is 4.92 Å². The van der Waals surface area contributed by atoms with Crippen LogP contribution in [0.5, 0.6) is 0 Å². The summed E-state index contributed by atoms with van der Waals surface area (Å²) >= 11 is 5.92. The molecule has 0 spiro atoms. The van der Waals surface area contributed by atoms with Crippen LogP contribution in [0.25, 0.3) is 0 Å². The van der Waals surface area contributed by atoms with Gasteiger partial charge in [0.1, 0.15) is 6.04 Å². The molecule has 0 amide bonds. The van der Waals surface area contributed by atoms with Crippen molar-refractivity contribution < 1.29 is 9.85 Å². The van der Waals surface area contributed by atoms with Crippen molar-refractivity contribution in [1.82, 2.24) is 0 Å². The van der Waals surface area contributed by atoms with Gasteiger partial charge in [0.2, 0.25) is 0 Å². The monoisotopic (exact) mass is 397 g/mol. The lowest BCUT2D eigenvalue weighted by Gasteiger charge is -2.24. The van der Waals surface area contributed by atoms with E-state index in [0.29, 0.717) is 16.3 Å². The van der Waals surface area contributed by atoms with Crippen molar-refractivity contribution in [3.63, 3.8) is 0 Å². The van der Waals surface area contributed by atoms with Crippen LogP contribution >= 0.6 is 11.6 Å². The summed E-state index contributed by atoms with van der Waals surface area (Å²) in [5, 5.41) is 26.6. The molecule has 142 valence electrons. The van der Waals surface area contributed by atoms with Gasteiger partial charge in [0.25, 0.3) is 11.7 Å². The largest absolute Gasteiger partial charge is 0.372 e. The number of nitrogens with zero attached hydrogens (tertiary/aromatic N) is 2. The van der Waals surface area contributed by atoms with Crippen LogP contribution in [-0.4, -0.2) is 9.85 Å². The van der Waals surface area contributed by atoms with Gasteiger partial charge in [-0.3, -0.25) is 20.2 Å². The number of halogens is 1. The first-order chi connectivity index (χ1) is 13.5. The molecule has 3 aromatic rings. The van der Waals surface area contributed by atoms with Crippen molar-refractivity contribution in [3.8, 4) is 0 Å². The number of rotatable bonds is 7. The van der Waals surface area contributed by atoms with Crippen LogP contribution in [0.4, 0.5) is 11.4 Å². The molecule has 0 heterocycles. The first-order valence-electron chi connectivity index (χ1n) is 8.40. The third-order valence-corrected chi connectivity index (χ3v) is 4.57. The fraction of sp³-hybridized carbons (Fsp3) is 0.100. The lowest BCUT2D eigenvalue weighted by Crippen LogP contribution is -2.25. The van der Waals surface area contributed by atoms with Gasteiger partial charge < -0.3 is 5.32 Å². The molecular formula is C20H16ClN3O4. The van der Waals surface area contributed by atoms with Gasteiger partial charge in [0, 0.05) is 33.3 Å². The molecule has 0 fully saturated rings. The Morgan fingerprint density at radius 3 is 1.93 bits per heavy atom. The van der Waals surface area contributed by atoms with Crippen molar-refractivity contribution in [2.24, 2.45) is 0 Å². The highest BCUT2D eigenvalue weighted by atomic mass is 35.5. The smallest absolute Gasteiger partial charge is 0.269 e. The summed E-state index contributed by atoms with van der Waals surface area (Å²) in [5.74, 6) is 0. The second-order valence-electron chi connectivity index (χ2n) is 6.12. The summed E-state index contributed by atoms with van der Waals surface area (Å²) in [6, 6.07) is 19.5. The predicted octanol–water partition coefficient (Wildman–Crippen LogP) is 5.42. The van der Waals surface area contributed by atoms with Gasteiger partial charge >= 0.3 is 0 Å². The minimum atomic E-state index is -1.15. The van der Waals surface area contributed by atoms with Crippen LogP contribution in [0.15, 0.2) is 78.9 Å². The van der Waals surface area contributed by atoms with Crippen LogP contribution in [0.1, 0.15) is 23.2 Å². The van der Waals surface area contributed by atoms with E-state index in [1.807, 2.05) is 6.07 Å². The van der Waals surface area contributed by atoms with E-state index in [1.54, 1.807) is 48.5 Å². The molecule has 0 aliphatic heterocycles. The van der Waals surface area contributed by atoms with Crippen LogP contribution in [0, 0.1) is 20.2 Å². The van der Waals surface area contributed by atoms with Crippen LogP contribution in [0.3, 0.4) is 0 Å². The molecule has 3 rings (SSSR count). The number of anilines is 1. The Kier molecular flexibility index (Phi) is 5.86. The highest BCUT2D eigenvalue weighted by Crippen LogP contribution is 2.35. The number of hydrogen-bond donors (Lipinski definition) is 1. The third-order valence-electron chi connectivity index (χ3n) is 4.31. The molecular weight excluding hydrogens is 382 g/mol. The standard InChI is InChI=1S/C20H16ClN3O4/c21-16-8-10-17(11-9-16)22-19(14-4-2-1-3-5-14)20(24(27)28)15-6-12-18(13-7-15)23(25)26/h1-13,19-20,22H. The summed E-state index contributed by atoms with van der Waals surface area (Å²) < 4.78 is 0. The maximum atomic E-state index is 12.0. The van der Waals surface area contributed by atoms with E-state index >= 15 is 0 Å². The summed E-state index contributed by atoms with van der Waals surface area (Å²) in [6.07, 6.45) is 0. The zero-order valence-electron chi connectivity index (χ0n) is 14.6. The second kappa shape index (κ2) is 8.49. The number of non-ortho nitro benzene ring substituents is 1. The molecule has 2 unspecified atom stereocenters. The fourth-order valence-electron chi connectivity index (χ4n) is 2.96. The molecule has 28 heavy (non-hydrogen) atoms. The lowest BCUT2D eigenvalue weighted by molar-refractivity contribution is -0.532. The van der Waals surface area contributed by atoms with Crippen molar-refractivity contribution in [1.29, 1.82) is 0 Å². The Bertz CT molecular complexity index is 963. The molecule has 0 saturated carbocycles. The molecule has 0 aromatic heterocycles. The third kappa shape index (κ3) is 4.44. The van der Waals surface area contributed by atoms with Crippen molar-refractivity contribution in [2.45, 2.75) is 12.1 Å². The number of hydrogen-bond acceptors (Lipinski definition) is 5. The molecule has 3 aromatic carbocycles. The molecule has 7 nitrogen and oxygen atoms in total. The van der Waals surface area contributed by atoms with Crippen LogP contribution in [0.2, 0.25) is 5.02 Å². The average molecular weight is 398 g/mol. The molecule has 0 aliphatic carbocycles. The Hall–Kier alpha value is -3.45. The number of nitrogens with one attached hydrogen (secondary N) is 1. The van der Waals surface area contributed by atoms with E-state index in [0.717, 1.165) is 5.56 Å².